The highest BCUT2D eigenvalue weighted by atomic mass is 19.1. The summed E-state index contributed by atoms with van der Waals surface area (Å²) in [5.74, 6) is -0.382. The second-order valence-corrected chi connectivity index (χ2v) is 4.89. The molecule has 1 heterocycles. The van der Waals surface area contributed by atoms with Gasteiger partial charge in [-0.2, -0.15) is 0 Å². The summed E-state index contributed by atoms with van der Waals surface area (Å²) in [6.45, 7) is 2.95. The second kappa shape index (κ2) is 5.97. The fraction of sp³-hybridized carbons (Fsp3) is 0.400. The Morgan fingerprint density at radius 3 is 2.74 bits per heavy atom. The zero-order valence-corrected chi connectivity index (χ0v) is 11.0. The van der Waals surface area contributed by atoms with Gasteiger partial charge in [0.05, 0.1) is 6.10 Å². The minimum atomic E-state index is -0.307. The van der Waals surface area contributed by atoms with E-state index in [0.717, 1.165) is 5.57 Å². The van der Waals surface area contributed by atoms with Crippen molar-refractivity contribution in [3.05, 3.63) is 41.7 Å². The van der Waals surface area contributed by atoms with Gasteiger partial charge in [-0.05, 0) is 43.0 Å². The average Bonchev–Trinajstić information content (AvgIpc) is 2.39. The highest BCUT2D eigenvalue weighted by molar-refractivity contribution is 5.94. The van der Waals surface area contributed by atoms with Crippen molar-refractivity contribution in [2.45, 2.75) is 25.9 Å². The van der Waals surface area contributed by atoms with Crippen LogP contribution < -0.4 is 0 Å². The van der Waals surface area contributed by atoms with Crippen LogP contribution in [0.3, 0.4) is 0 Å². The third kappa shape index (κ3) is 3.64. The highest BCUT2D eigenvalue weighted by Gasteiger charge is 2.19. The number of nitrogens with zero attached hydrogens (tertiary/aromatic N) is 1. The van der Waals surface area contributed by atoms with Crippen LogP contribution in [0.25, 0.3) is 5.57 Å². The topological polar surface area (TPSA) is 40.5 Å². The van der Waals surface area contributed by atoms with Crippen LogP contribution in [-0.2, 0) is 4.79 Å². The molecule has 1 aliphatic rings. The minimum absolute atomic E-state index is 0.0753. The Balaban J connectivity index is 2.06. The van der Waals surface area contributed by atoms with Gasteiger partial charge in [0, 0.05) is 19.2 Å². The zero-order valence-electron chi connectivity index (χ0n) is 11.0. The molecular weight excluding hydrogens is 245 g/mol. The molecule has 1 fully saturated rings. The molecule has 1 aromatic rings. The summed E-state index contributed by atoms with van der Waals surface area (Å²) in [6.07, 6.45) is 2.49. The third-order valence-corrected chi connectivity index (χ3v) is 3.40. The quantitative estimate of drug-likeness (QED) is 0.831. The van der Waals surface area contributed by atoms with E-state index in [1.54, 1.807) is 24.0 Å². The molecular formula is C15H18FNO2. The Morgan fingerprint density at radius 1 is 1.42 bits per heavy atom. The number of carbonyl (C=O) groups excluding carboxylic acids is 1. The van der Waals surface area contributed by atoms with Crippen molar-refractivity contribution in [3.8, 4) is 0 Å². The lowest BCUT2D eigenvalue weighted by atomic mass is 10.1. The molecule has 1 aromatic carbocycles. The number of hydrogen-bond donors (Lipinski definition) is 1. The summed E-state index contributed by atoms with van der Waals surface area (Å²) in [5.41, 5.74) is 1.46. The van der Waals surface area contributed by atoms with E-state index in [2.05, 4.69) is 0 Å². The molecule has 1 amide bonds. The van der Waals surface area contributed by atoms with Crippen LogP contribution in [0, 0.1) is 5.82 Å². The molecule has 4 heteroatoms. The van der Waals surface area contributed by atoms with Crippen LogP contribution in [0.5, 0.6) is 0 Å². The van der Waals surface area contributed by atoms with E-state index in [1.165, 1.54) is 18.2 Å². The molecule has 0 unspecified atom stereocenters. The summed E-state index contributed by atoms with van der Waals surface area (Å²) < 4.78 is 13.1. The van der Waals surface area contributed by atoms with Crippen molar-refractivity contribution in [1.29, 1.82) is 0 Å². The Labute approximate surface area is 112 Å². The Bertz CT molecular complexity index is 491. The first-order valence-electron chi connectivity index (χ1n) is 6.47. The van der Waals surface area contributed by atoms with Crippen molar-refractivity contribution in [2.24, 2.45) is 0 Å². The molecule has 2 rings (SSSR count). The van der Waals surface area contributed by atoms with E-state index in [-0.39, 0.29) is 17.8 Å². The molecule has 19 heavy (non-hydrogen) atoms. The van der Waals surface area contributed by atoms with E-state index in [1.807, 2.05) is 0 Å². The normalized spacial score (nSPS) is 17.6. The van der Waals surface area contributed by atoms with Gasteiger partial charge in [0.25, 0.3) is 0 Å². The molecule has 1 aliphatic heterocycles. The lowest BCUT2D eigenvalue weighted by Crippen LogP contribution is -2.39. The Kier molecular flexibility index (Phi) is 4.32. The fourth-order valence-electron chi connectivity index (χ4n) is 2.18. The van der Waals surface area contributed by atoms with E-state index >= 15 is 0 Å². The zero-order chi connectivity index (χ0) is 13.8. The maximum atomic E-state index is 13.1. The lowest BCUT2D eigenvalue weighted by Gasteiger charge is -2.28. The first kappa shape index (κ1) is 13.7. The van der Waals surface area contributed by atoms with E-state index in [0.29, 0.717) is 31.5 Å². The fourth-order valence-corrected chi connectivity index (χ4v) is 2.18. The van der Waals surface area contributed by atoms with Gasteiger partial charge >= 0.3 is 0 Å². The number of halogens is 1. The van der Waals surface area contributed by atoms with Crippen molar-refractivity contribution in [2.75, 3.05) is 13.1 Å². The predicted octanol–water partition coefficient (Wildman–Crippen LogP) is 2.21. The number of piperidine rings is 1. The predicted molar refractivity (Wildman–Crippen MR) is 71.9 cm³/mol. The second-order valence-electron chi connectivity index (χ2n) is 4.89. The monoisotopic (exact) mass is 263 g/mol. The van der Waals surface area contributed by atoms with E-state index in [9.17, 15) is 14.3 Å². The number of aliphatic hydroxyl groups is 1. The summed E-state index contributed by atoms with van der Waals surface area (Å²) in [7, 11) is 0. The van der Waals surface area contributed by atoms with Crippen LogP contribution in [0.4, 0.5) is 4.39 Å². The number of aliphatic hydroxyl groups excluding tert-OH is 1. The molecule has 0 bridgehead atoms. The van der Waals surface area contributed by atoms with Crippen LogP contribution in [-0.4, -0.2) is 35.1 Å². The SMILES string of the molecule is CC(=CC(=O)N1CCC(O)CC1)c1cccc(F)c1. The molecule has 102 valence electrons. The first-order chi connectivity index (χ1) is 9.06. The summed E-state index contributed by atoms with van der Waals surface area (Å²) in [5, 5.41) is 9.40. The molecule has 0 atom stereocenters. The number of carbonyl (C=O) groups is 1. The smallest absolute Gasteiger partial charge is 0.246 e. The largest absolute Gasteiger partial charge is 0.393 e. The Hall–Kier alpha value is -1.68. The summed E-state index contributed by atoms with van der Waals surface area (Å²) in [6, 6.07) is 6.20. The van der Waals surface area contributed by atoms with Gasteiger partial charge in [-0.25, -0.2) is 4.39 Å². The first-order valence-corrected chi connectivity index (χ1v) is 6.47. The van der Waals surface area contributed by atoms with Crippen molar-refractivity contribution >= 4 is 11.5 Å². The summed E-state index contributed by atoms with van der Waals surface area (Å²) in [4.78, 5) is 13.8. The number of amides is 1. The van der Waals surface area contributed by atoms with Gasteiger partial charge < -0.3 is 10.0 Å². The average molecular weight is 263 g/mol. The minimum Gasteiger partial charge on any atom is -0.393 e. The van der Waals surface area contributed by atoms with Gasteiger partial charge in [-0.15, -0.1) is 0 Å². The molecule has 0 saturated carbocycles. The van der Waals surface area contributed by atoms with Crippen molar-refractivity contribution in [3.63, 3.8) is 0 Å². The summed E-state index contributed by atoms with van der Waals surface area (Å²) >= 11 is 0. The molecule has 0 spiro atoms. The third-order valence-electron chi connectivity index (χ3n) is 3.40. The lowest BCUT2D eigenvalue weighted by molar-refractivity contribution is -0.127. The maximum absolute atomic E-state index is 13.1. The highest BCUT2D eigenvalue weighted by Crippen LogP contribution is 2.16. The van der Waals surface area contributed by atoms with Crippen molar-refractivity contribution in [1.82, 2.24) is 4.90 Å². The van der Waals surface area contributed by atoms with Crippen LogP contribution in [0.15, 0.2) is 30.3 Å². The molecule has 0 aliphatic carbocycles. The van der Waals surface area contributed by atoms with E-state index < -0.39 is 0 Å². The van der Waals surface area contributed by atoms with Gasteiger partial charge in [-0.3, -0.25) is 4.79 Å². The standard InChI is InChI=1S/C15H18FNO2/c1-11(12-3-2-4-13(16)10-12)9-15(19)17-7-5-14(18)6-8-17/h2-4,9-10,14,18H,5-8H2,1H3. The molecule has 0 aromatic heterocycles. The van der Waals surface area contributed by atoms with Gasteiger partial charge in [0.15, 0.2) is 0 Å². The van der Waals surface area contributed by atoms with Crippen LogP contribution in [0.1, 0.15) is 25.3 Å². The number of likely N-dealkylation sites (tertiary alicyclic amines) is 1. The number of benzene rings is 1. The molecule has 3 nitrogen and oxygen atoms in total. The molecule has 1 saturated heterocycles. The molecule has 0 radical (unpaired) electrons. The van der Waals surface area contributed by atoms with Crippen LogP contribution >= 0.6 is 0 Å². The van der Waals surface area contributed by atoms with Gasteiger partial charge in [0.2, 0.25) is 5.91 Å². The Morgan fingerprint density at radius 2 is 2.11 bits per heavy atom. The van der Waals surface area contributed by atoms with Crippen molar-refractivity contribution < 1.29 is 14.3 Å². The van der Waals surface area contributed by atoms with Gasteiger partial charge in [0.1, 0.15) is 5.82 Å². The van der Waals surface area contributed by atoms with E-state index in [4.69, 9.17) is 0 Å². The van der Waals surface area contributed by atoms with Crippen LogP contribution in [0.2, 0.25) is 0 Å². The van der Waals surface area contributed by atoms with Gasteiger partial charge in [-0.1, -0.05) is 12.1 Å². The molecule has 1 N–H and O–H groups in total. The number of allylic oxidation sites excluding steroid dienone is 1. The maximum Gasteiger partial charge on any atom is 0.246 e. The number of rotatable bonds is 2. The number of hydrogen-bond acceptors (Lipinski definition) is 2.